The number of rotatable bonds is 2. The van der Waals surface area contributed by atoms with Crippen LogP contribution in [0.1, 0.15) is 11.3 Å². The summed E-state index contributed by atoms with van der Waals surface area (Å²) in [5.41, 5.74) is 1.53. The molecule has 1 aromatic rings. The first-order valence-electron chi connectivity index (χ1n) is 3.20. The first-order valence-corrected chi connectivity index (χ1v) is 3.20. The fraction of sp³-hybridized carbons (Fsp3) is 0.500. The first kappa shape index (κ1) is 7.71. The third kappa shape index (κ3) is 1.54. The molecule has 1 aromatic heterocycles. The van der Waals surface area contributed by atoms with Crippen molar-refractivity contribution >= 4 is 0 Å². The fourth-order valence-corrected chi connectivity index (χ4v) is 0.838. The van der Waals surface area contributed by atoms with Gasteiger partial charge in [-0.25, -0.2) is 0 Å². The summed E-state index contributed by atoms with van der Waals surface area (Å²) < 4.78 is 1.62. The van der Waals surface area contributed by atoms with Gasteiger partial charge in [-0.3, -0.25) is 14.8 Å². The van der Waals surface area contributed by atoms with Crippen LogP contribution in [0.3, 0.4) is 0 Å². The number of hydrogen-bond donors (Lipinski definition) is 0. The SMILES string of the molecule is Cc1c(C[N+](=O)[O-])cnn1C. The lowest BCUT2D eigenvalue weighted by atomic mass is 10.3. The molecule has 0 bridgehead atoms. The van der Waals surface area contributed by atoms with E-state index in [1.807, 2.05) is 6.92 Å². The summed E-state index contributed by atoms with van der Waals surface area (Å²) in [5, 5.41) is 14.0. The van der Waals surface area contributed by atoms with E-state index in [1.54, 1.807) is 11.7 Å². The summed E-state index contributed by atoms with van der Waals surface area (Å²) in [4.78, 5) is 9.74. The van der Waals surface area contributed by atoms with Gasteiger partial charge in [0.25, 0.3) is 0 Å². The Morgan fingerprint density at radius 2 is 2.45 bits per heavy atom. The summed E-state index contributed by atoms with van der Waals surface area (Å²) in [6.45, 7) is 1.67. The van der Waals surface area contributed by atoms with E-state index in [1.165, 1.54) is 6.20 Å². The molecule has 0 fully saturated rings. The number of aryl methyl sites for hydroxylation is 1. The van der Waals surface area contributed by atoms with Crippen LogP contribution >= 0.6 is 0 Å². The van der Waals surface area contributed by atoms with Crippen LogP contribution in [0, 0.1) is 17.0 Å². The Bertz CT molecular complexity index is 279. The Kier molecular flexibility index (Phi) is 1.89. The van der Waals surface area contributed by atoms with Gasteiger partial charge in [-0.2, -0.15) is 5.10 Å². The van der Waals surface area contributed by atoms with Gasteiger partial charge >= 0.3 is 0 Å². The molecule has 0 aliphatic carbocycles. The minimum Gasteiger partial charge on any atom is -0.272 e. The lowest BCUT2D eigenvalue weighted by Gasteiger charge is -1.93. The molecule has 0 aliphatic heterocycles. The molecular weight excluding hydrogens is 146 g/mol. The highest BCUT2D eigenvalue weighted by molar-refractivity contribution is 5.14. The van der Waals surface area contributed by atoms with Gasteiger partial charge in [0.05, 0.1) is 11.8 Å². The van der Waals surface area contributed by atoms with Crippen molar-refractivity contribution in [2.24, 2.45) is 7.05 Å². The minimum atomic E-state index is -0.357. The van der Waals surface area contributed by atoms with Crippen LogP contribution in [-0.4, -0.2) is 14.7 Å². The molecule has 0 saturated heterocycles. The number of nitro groups is 1. The van der Waals surface area contributed by atoms with E-state index in [-0.39, 0.29) is 11.5 Å². The largest absolute Gasteiger partial charge is 0.272 e. The summed E-state index contributed by atoms with van der Waals surface area (Å²) >= 11 is 0. The third-order valence-corrected chi connectivity index (χ3v) is 1.64. The van der Waals surface area contributed by atoms with Crippen molar-refractivity contribution in [2.75, 3.05) is 0 Å². The van der Waals surface area contributed by atoms with Crippen LogP contribution in [0.15, 0.2) is 6.20 Å². The lowest BCUT2D eigenvalue weighted by Crippen LogP contribution is -2.00. The lowest BCUT2D eigenvalue weighted by molar-refractivity contribution is -0.496. The van der Waals surface area contributed by atoms with Crippen LogP contribution in [0.25, 0.3) is 0 Å². The van der Waals surface area contributed by atoms with Crippen LogP contribution in [0.2, 0.25) is 0 Å². The first-order chi connectivity index (χ1) is 5.11. The summed E-state index contributed by atoms with van der Waals surface area (Å²) in [6.07, 6.45) is 1.53. The molecule has 5 heteroatoms. The standard InChI is InChI=1S/C6H9N3O2/c1-5-6(4-9(10)11)3-7-8(5)2/h3H,4H2,1-2H3. The second-order valence-corrected chi connectivity index (χ2v) is 2.37. The van der Waals surface area contributed by atoms with E-state index < -0.39 is 0 Å². The summed E-state index contributed by atoms with van der Waals surface area (Å²) in [5.74, 6) is 0. The second-order valence-electron chi connectivity index (χ2n) is 2.37. The van der Waals surface area contributed by atoms with Gasteiger partial charge in [0.15, 0.2) is 0 Å². The molecule has 0 atom stereocenters. The highest BCUT2D eigenvalue weighted by atomic mass is 16.6. The van der Waals surface area contributed by atoms with Gasteiger partial charge in [-0.15, -0.1) is 0 Å². The van der Waals surface area contributed by atoms with Gasteiger partial charge < -0.3 is 0 Å². The molecule has 0 spiro atoms. The Balaban J connectivity index is 2.87. The van der Waals surface area contributed by atoms with Gasteiger partial charge in [-0.1, -0.05) is 0 Å². The Morgan fingerprint density at radius 3 is 2.82 bits per heavy atom. The topological polar surface area (TPSA) is 61.0 Å². The van der Waals surface area contributed by atoms with Crippen LogP contribution in [0.5, 0.6) is 0 Å². The van der Waals surface area contributed by atoms with E-state index in [4.69, 9.17) is 0 Å². The number of nitrogens with zero attached hydrogens (tertiary/aromatic N) is 3. The normalized spacial score (nSPS) is 10.0. The van der Waals surface area contributed by atoms with Crippen molar-refractivity contribution in [3.05, 3.63) is 27.6 Å². The van der Waals surface area contributed by atoms with E-state index in [2.05, 4.69) is 5.10 Å². The van der Waals surface area contributed by atoms with Crippen molar-refractivity contribution in [1.82, 2.24) is 9.78 Å². The van der Waals surface area contributed by atoms with Crippen molar-refractivity contribution in [3.63, 3.8) is 0 Å². The van der Waals surface area contributed by atoms with Crippen molar-refractivity contribution in [2.45, 2.75) is 13.5 Å². The monoisotopic (exact) mass is 155 g/mol. The second kappa shape index (κ2) is 2.69. The van der Waals surface area contributed by atoms with Gasteiger partial charge in [0.2, 0.25) is 6.54 Å². The molecule has 60 valence electrons. The van der Waals surface area contributed by atoms with Crippen LogP contribution in [0.4, 0.5) is 0 Å². The third-order valence-electron chi connectivity index (χ3n) is 1.64. The predicted molar refractivity (Wildman–Crippen MR) is 38.6 cm³/mol. The predicted octanol–water partition coefficient (Wildman–Crippen LogP) is 0.505. The molecular formula is C6H9N3O2. The van der Waals surface area contributed by atoms with Crippen molar-refractivity contribution < 1.29 is 4.92 Å². The Labute approximate surface area is 63.8 Å². The summed E-state index contributed by atoms with van der Waals surface area (Å²) in [6, 6.07) is 0. The quantitative estimate of drug-likeness (QED) is 0.461. The minimum absolute atomic E-state index is 0.139. The Hall–Kier alpha value is -1.39. The Morgan fingerprint density at radius 1 is 1.82 bits per heavy atom. The molecule has 1 rings (SSSR count). The van der Waals surface area contributed by atoms with Crippen LogP contribution < -0.4 is 0 Å². The summed E-state index contributed by atoms with van der Waals surface area (Å²) in [7, 11) is 1.76. The van der Waals surface area contributed by atoms with Gasteiger partial charge in [0.1, 0.15) is 0 Å². The van der Waals surface area contributed by atoms with Crippen molar-refractivity contribution in [1.29, 1.82) is 0 Å². The van der Waals surface area contributed by atoms with E-state index in [9.17, 15) is 10.1 Å². The highest BCUT2D eigenvalue weighted by Gasteiger charge is 2.08. The molecule has 5 nitrogen and oxygen atoms in total. The average Bonchev–Trinajstić information content (AvgIpc) is 2.18. The van der Waals surface area contributed by atoms with Gasteiger partial charge in [-0.05, 0) is 6.92 Å². The molecule has 0 N–H and O–H groups in total. The van der Waals surface area contributed by atoms with E-state index in [0.29, 0.717) is 5.56 Å². The fourth-order valence-electron chi connectivity index (χ4n) is 0.838. The molecule has 1 heterocycles. The molecule has 0 unspecified atom stereocenters. The molecule has 11 heavy (non-hydrogen) atoms. The highest BCUT2D eigenvalue weighted by Crippen LogP contribution is 2.05. The number of hydrogen-bond acceptors (Lipinski definition) is 3. The maximum absolute atomic E-state index is 10.1. The van der Waals surface area contributed by atoms with Crippen molar-refractivity contribution in [3.8, 4) is 0 Å². The van der Waals surface area contributed by atoms with E-state index in [0.717, 1.165) is 5.69 Å². The van der Waals surface area contributed by atoms with Gasteiger partial charge in [0, 0.05) is 17.7 Å². The molecule has 0 amide bonds. The molecule has 0 aliphatic rings. The maximum Gasteiger partial charge on any atom is 0.232 e. The smallest absolute Gasteiger partial charge is 0.232 e. The molecule has 0 radical (unpaired) electrons. The zero-order valence-corrected chi connectivity index (χ0v) is 6.44. The zero-order chi connectivity index (χ0) is 8.43. The maximum atomic E-state index is 10.1. The molecule has 0 saturated carbocycles. The average molecular weight is 155 g/mol. The number of aromatic nitrogens is 2. The zero-order valence-electron chi connectivity index (χ0n) is 6.44. The molecule has 0 aromatic carbocycles. The van der Waals surface area contributed by atoms with Crippen LogP contribution in [-0.2, 0) is 13.6 Å². The van der Waals surface area contributed by atoms with E-state index >= 15 is 0 Å².